The van der Waals surface area contributed by atoms with Gasteiger partial charge in [0.25, 0.3) is 5.91 Å². The second-order valence-electron chi connectivity index (χ2n) is 6.04. The van der Waals surface area contributed by atoms with Crippen molar-refractivity contribution in [2.24, 2.45) is 5.92 Å². The van der Waals surface area contributed by atoms with E-state index in [1.165, 1.54) is 19.4 Å². The molecule has 2 aromatic rings. The van der Waals surface area contributed by atoms with E-state index >= 15 is 0 Å². The number of esters is 1. The summed E-state index contributed by atoms with van der Waals surface area (Å²) in [5.41, 5.74) is 0.587. The van der Waals surface area contributed by atoms with Crippen LogP contribution in [0.2, 0.25) is 5.15 Å². The number of carbonyl (C=O) groups excluding carboxylic acids is 2. The molecule has 2 rings (SSSR count). The maximum absolute atomic E-state index is 12.2. The van der Waals surface area contributed by atoms with Crippen LogP contribution >= 0.6 is 11.6 Å². The number of amides is 1. The minimum Gasteiger partial charge on any atom is -0.493 e. The van der Waals surface area contributed by atoms with Crippen LogP contribution in [-0.4, -0.2) is 37.2 Å². The zero-order valence-electron chi connectivity index (χ0n) is 15.3. The molecule has 0 aliphatic carbocycles. The van der Waals surface area contributed by atoms with Crippen molar-refractivity contribution in [1.82, 2.24) is 4.98 Å². The van der Waals surface area contributed by atoms with Gasteiger partial charge in [-0.15, -0.1) is 0 Å². The van der Waals surface area contributed by atoms with Crippen LogP contribution in [0.15, 0.2) is 36.5 Å². The lowest BCUT2D eigenvalue weighted by Crippen LogP contribution is -2.21. The summed E-state index contributed by atoms with van der Waals surface area (Å²) in [5, 5.41) is 2.67. The molecule has 1 aromatic heterocycles. The molecule has 0 aliphatic rings. The number of hydrogen-bond donors (Lipinski definition) is 1. The summed E-state index contributed by atoms with van der Waals surface area (Å²) >= 11 is 5.86. The summed E-state index contributed by atoms with van der Waals surface area (Å²) in [4.78, 5) is 27.9. The minimum absolute atomic E-state index is 0.152. The predicted molar refractivity (Wildman–Crippen MR) is 101 cm³/mol. The van der Waals surface area contributed by atoms with Crippen molar-refractivity contribution in [1.29, 1.82) is 0 Å². The number of anilines is 1. The second kappa shape index (κ2) is 9.78. The van der Waals surface area contributed by atoms with E-state index in [4.69, 9.17) is 25.8 Å². The number of ether oxygens (including phenoxy) is 3. The van der Waals surface area contributed by atoms with E-state index in [0.29, 0.717) is 29.7 Å². The average molecular weight is 393 g/mol. The molecule has 7 nitrogen and oxygen atoms in total. The Morgan fingerprint density at radius 2 is 2.00 bits per heavy atom. The first kappa shape index (κ1) is 20.5. The maximum Gasteiger partial charge on any atom is 0.338 e. The molecule has 0 bridgehead atoms. The highest BCUT2D eigenvalue weighted by Crippen LogP contribution is 2.28. The van der Waals surface area contributed by atoms with Gasteiger partial charge < -0.3 is 19.5 Å². The zero-order valence-corrected chi connectivity index (χ0v) is 16.1. The first-order chi connectivity index (χ1) is 12.9. The lowest BCUT2D eigenvalue weighted by atomic mass is 10.2. The van der Waals surface area contributed by atoms with Crippen LogP contribution in [0.25, 0.3) is 0 Å². The zero-order chi connectivity index (χ0) is 19.8. The van der Waals surface area contributed by atoms with Crippen molar-refractivity contribution in [3.8, 4) is 11.5 Å². The van der Waals surface area contributed by atoms with E-state index in [1.807, 2.05) is 13.8 Å². The van der Waals surface area contributed by atoms with E-state index in [1.54, 1.807) is 24.3 Å². The summed E-state index contributed by atoms with van der Waals surface area (Å²) < 4.78 is 15.9. The van der Waals surface area contributed by atoms with E-state index in [9.17, 15) is 9.59 Å². The molecule has 0 spiro atoms. The number of nitrogens with one attached hydrogen (secondary N) is 1. The van der Waals surface area contributed by atoms with Crippen LogP contribution in [-0.2, 0) is 9.53 Å². The Labute approximate surface area is 162 Å². The number of carbonyl (C=O) groups is 2. The third-order valence-electron chi connectivity index (χ3n) is 3.34. The Morgan fingerprint density at radius 1 is 1.22 bits per heavy atom. The van der Waals surface area contributed by atoms with Crippen molar-refractivity contribution in [2.45, 2.75) is 13.8 Å². The van der Waals surface area contributed by atoms with Crippen LogP contribution in [0.1, 0.15) is 24.2 Å². The Kier molecular flexibility index (Phi) is 7.43. The normalized spacial score (nSPS) is 10.4. The molecular weight excluding hydrogens is 372 g/mol. The van der Waals surface area contributed by atoms with E-state index in [0.717, 1.165) is 0 Å². The quantitative estimate of drug-likeness (QED) is 0.546. The molecule has 8 heteroatoms. The Balaban J connectivity index is 1.95. The molecule has 0 aliphatic heterocycles. The predicted octanol–water partition coefficient (Wildman–Crippen LogP) is 3.57. The van der Waals surface area contributed by atoms with E-state index < -0.39 is 18.5 Å². The molecule has 1 aromatic carbocycles. The lowest BCUT2D eigenvalue weighted by molar-refractivity contribution is -0.119. The second-order valence-corrected chi connectivity index (χ2v) is 6.39. The molecule has 1 N–H and O–H groups in total. The molecule has 0 atom stereocenters. The monoisotopic (exact) mass is 392 g/mol. The summed E-state index contributed by atoms with van der Waals surface area (Å²) in [6.07, 6.45) is 1.50. The van der Waals surface area contributed by atoms with E-state index in [-0.39, 0.29) is 10.7 Å². The summed E-state index contributed by atoms with van der Waals surface area (Å²) in [6, 6.07) is 7.91. The number of hydrogen-bond acceptors (Lipinski definition) is 6. The Morgan fingerprint density at radius 3 is 2.67 bits per heavy atom. The number of nitrogens with zero attached hydrogens (tertiary/aromatic N) is 1. The molecular formula is C19H21ClN2O5. The van der Waals surface area contributed by atoms with Crippen molar-refractivity contribution < 1.29 is 23.8 Å². The topological polar surface area (TPSA) is 86.8 Å². The van der Waals surface area contributed by atoms with Crippen LogP contribution in [0, 0.1) is 5.92 Å². The molecule has 0 saturated carbocycles. The van der Waals surface area contributed by atoms with Gasteiger partial charge in [0.15, 0.2) is 23.3 Å². The highest BCUT2D eigenvalue weighted by Gasteiger charge is 2.15. The average Bonchev–Trinajstić information content (AvgIpc) is 2.66. The fourth-order valence-electron chi connectivity index (χ4n) is 2.05. The fraction of sp³-hybridized carbons (Fsp3) is 0.316. The van der Waals surface area contributed by atoms with Gasteiger partial charge in [-0.3, -0.25) is 4.79 Å². The first-order valence-electron chi connectivity index (χ1n) is 8.29. The number of pyridine rings is 1. The van der Waals surface area contributed by atoms with Crippen molar-refractivity contribution >= 4 is 29.2 Å². The Hall–Kier alpha value is -2.80. The third kappa shape index (κ3) is 6.14. The van der Waals surface area contributed by atoms with Crippen LogP contribution in [0.4, 0.5) is 5.69 Å². The van der Waals surface area contributed by atoms with Gasteiger partial charge >= 0.3 is 5.97 Å². The summed E-state index contributed by atoms with van der Waals surface area (Å²) in [7, 11) is 1.48. The standard InChI is InChI=1S/C19H21ClN2O5/c1-12(2)10-26-15-7-6-13(9-16(15)25-3)19(24)27-11-17(23)22-14-5-4-8-21-18(14)20/h4-9,12H,10-11H2,1-3H3,(H,22,23). The van der Waals surface area contributed by atoms with Crippen LogP contribution < -0.4 is 14.8 Å². The maximum atomic E-state index is 12.2. The van der Waals surface area contributed by atoms with Gasteiger partial charge in [0.05, 0.1) is 25.0 Å². The summed E-state index contributed by atoms with van der Waals surface area (Å²) in [6.45, 7) is 4.12. The summed E-state index contributed by atoms with van der Waals surface area (Å²) in [5.74, 6) is 0.118. The van der Waals surface area contributed by atoms with Gasteiger partial charge in [-0.2, -0.15) is 0 Å². The van der Waals surface area contributed by atoms with Crippen molar-refractivity contribution in [3.63, 3.8) is 0 Å². The third-order valence-corrected chi connectivity index (χ3v) is 3.64. The molecule has 0 radical (unpaired) electrons. The van der Waals surface area contributed by atoms with Crippen molar-refractivity contribution in [2.75, 3.05) is 25.6 Å². The number of rotatable bonds is 8. The minimum atomic E-state index is -0.656. The largest absolute Gasteiger partial charge is 0.493 e. The van der Waals surface area contributed by atoms with Gasteiger partial charge in [0.1, 0.15) is 0 Å². The number of halogens is 1. The van der Waals surface area contributed by atoms with Crippen LogP contribution in [0.3, 0.4) is 0 Å². The molecule has 1 amide bonds. The van der Waals surface area contributed by atoms with Gasteiger partial charge in [0, 0.05) is 6.20 Å². The molecule has 144 valence electrons. The smallest absolute Gasteiger partial charge is 0.338 e. The molecule has 0 saturated heterocycles. The molecule has 1 heterocycles. The fourth-order valence-corrected chi connectivity index (χ4v) is 2.22. The number of benzene rings is 1. The molecule has 0 unspecified atom stereocenters. The van der Waals surface area contributed by atoms with Gasteiger partial charge in [-0.1, -0.05) is 25.4 Å². The highest BCUT2D eigenvalue weighted by molar-refractivity contribution is 6.32. The van der Waals surface area contributed by atoms with E-state index in [2.05, 4.69) is 10.3 Å². The van der Waals surface area contributed by atoms with Crippen molar-refractivity contribution in [3.05, 3.63) is 47.2 Å². The molecule has 0 fully saturated rings. The lowest BCUT2D eigenvalue weighted by Gasteiger charge is -2.13. The highest BCUT2D eigenvalue weighted by atomic mass is 35.5. The number of aromatic nitrogens is 1. The number of methoxy groups -OCH3 is 1. The van der Waals surface area contributed by atoms with Gasteiger partial charge in [-0.05, 0) is 36.2 Å². The SMILES string of the molecule is COc1cc(C(=O)OCC(=O)Nc2cccnc2Cl)ccc1OCC(C)C. The van der Waals surface area contributed by atoms with Gasteiger partial charge in [-0.25, -0.2) is 9.78 Å². The van der Waals surface area contributed by atoms with Crippen LogP contribution in [0.5, 0.6) is 11.5 Å². The Bertz CT molecular complexity index is 810. The molecule has 27 heavy (non-hydrogen) atoms. The first-order valence-corrected chi connectivity index (χ1v) is 8.66. The van der Waals surface area contributed by atoms with Gasteiger partial charge in [0.2, 0.25) is 0 Å².